The Morgan fingerprint density at radius 2 is 2.53 bits per heavy atom. The molecule has 19 heavy (non-hydrogen) atoms. The maximum absolute atomic E-state index is 11.8. The van der Waals surface area contributed by atoms with Crippen LogP contribution in [0.3, 0.4) is 0 Å². The first-order valence-electron chi connectivity index (χ1n) is 6.87. The van der Waals surface area contributed by atoms with Gasteiger partial charge in [0.05, 0.1) is 12.6 Å². The Bertz CT molecular complexity index is 381. The molecule has 106 valence electrons. The van der Waals surface area contributed by atoms with Gasteiger partial charge < -0.3 is 15.0 Å². The third-order valence-corrected chi connectivity index (χ3v) is 4.11. The van der Waals surface area contributed by atoms with Crippen molar-refractivity contribution >= 4 is 17.2 Å². The van der Waals surface area contributed by atoms with Crippen molar-refractivity contribution in [3.8, 4) is 0 Å². The average molecular weight is 282 g/mol. The minimum Gasteiger partial charge on any atom is -0.377 e. The van der Waals surface area contributed by atoms with Gasteiger partial charge in [0, 0.05) is 37.5 Å². The average Bonchev–Trinajstić information content (AvgIpc) is 2.83. The van der Waals surface area contributed by atoms with Crippen LogP contribution in [-0.2, 0) is 16.1 Å². The van der Waals surface area contributed by atoms with Gasteiger partial charge in [0.2, 0.25) is 5.91 Å². The summed E-state index contributed by atoms with van der Waals surface area (Å²) < 4.78 is 5.60. The molecule has 1 aliphatic heterocycles. The lowest BCUT2D eigenvalue weighted by Gasteiger charge is -2.21. The molecule has 1 saturated heterocycles. The van der Waals surface area contributed by atoms with Gasteiger partial charge in [0.15, 0.2) is 0 Å². The van der Waals surface area contributed by atoms with Crippen molar-refractivity contribution in [2.24, 2.45) is 0 Å². The Kier molecular flexibility index (Phi) is 5.82. The van der Waals surface area contributed by atoms with Crippen LogP contribution in [0.15, 0.2) is 17.5 Å². The summed E-state index contributed by atoms with van der Waals surface area (Å²) in [5.41, 5.74) is 0. The molecule has 0 spiro atoms. The normalized spacial score (nSPS) is 21.0. The van der Waals surface area contributed by atoms with E-state index in [1.807, 2.05) is 17.5 Å². The first-order valence-corrected chi connectivity index (χ1v) is 7.75. The zero-order chi connectivity index (χ0) is 13.5. The van der Waals surface area contributed by atoms with Crippen molar-refractivity contribution in [2.75, 3.05) is 26.2 Å². The molecule has 1 aliphatic rings. The summed E-state index contributed by atoms with van der Waals surface area (Å²) in [5.74, 6) is 0.131. The topological polar surface area (TPSA) is 41.6 Å². The second-order valence-corrected chi connectivity index (χ2v) is 5.97. The molecule has 1 N–H and O–H groups in total. The molecular formula is C14H22N2O2S. The van der Waals surface area contributed by atoms with Crippen molar-refractivity contribution in [3.05, 3.63) is 22.4 Å². The number of nitrogens with zero attached hydrogens (tertiary/aromatic N) is 1. The van der Waals surface area contributed by atoms with Crippen LogP contribution in [0.1, 0.15) is 24.6 Å². The lowest BCUT2D eigenvalue weighted by Crippen LogP contribution is -2.34. The number of rotatable bonds is 5. The van der Waals surface area contributed by atoms with Gasteiger partial charge in [-0.2, -0.15) is 0 Å². The smallest absolute Gasteiger partial charge is 0.221 e. The largest absolute Gasteiger partial charge is 0.377 e. The predicted octanol–water partition coefficient (Wildman–Crippen LogP) is 1.87. The summed E-state index contributed by atoms with van der Waals surface area (Å²) in [7, 11) is 0. The minimum atomic E-state index is 0.131. The number of nitrogens with one attached hydrogen (secondary N) is 1. The zero-order valence-electron chi connectivity index (χ0n) is 11.4. The maximum atomic E-state index is 11.8. The molecule has 2 heterocycles. The van der Waals surface area contributed by atoms with Crippen LogP contribution < -0.4 is 5.32 Å². The van der Waals surface area contributed by atoms with E-state index in [-0.39, 0.29) is 12.0 Å². The number of thiophene rings is 1. The fourth-order valence-electron chi connectivity index (χ4n) is 2.23. The van der Waals surface area contributed by atoms with E-state index in [0.29, 0.717) is 13.0 Å². The summed E-state index contributed by atoms with van der Waals surface area (Å²) in [6, 6.07) is 4.05. The fraction of sp³-hybridized carbons (Fsp3) is 0.643. The monoisotopic (exact) mass is 282 g/mol. The molecule has 1 atom stereocenters. The highest BCUT2D eigenvalue weighted by Crippen LogP contribution is 2.08. The Hall–Kier alpha value is -0.910. The minimum absolute atomic E-state index is 0.131. The Labute approximate surface area is 118 Å². The van der Waals surface area contributed by atoms with Gasteiger partial charge in [0.25, 0.3) is 0 Å². The lowest BCUT2D eigenvalue weighted by molar-refractivity contribution is -0.121. The van der Waals surface area contributed by atoms with E-state index in [1.54, 1.807) is 11.3 Å². The van der Waals surface area contributed by atoms with Gasteiger partial charge in [-0.05, 0) is 24.8 Å². The summed E-state index contributed by atoms with van der Waals surface area (Å²) >= 11 is 1.67. The number of amides is 1. The zero-order valence-corrected chi connectivity index (χ0v) is 12.2. The first kappa shape index (κ1) is 14.5. The summed E-state index contributed by atoms with van der Waals surface area (Å²) in [4.78, 5) is 15.3. The molecule has 1 aromatic heterocycles. The third-order valence-electron chi connectivity index (χ3n) is 3.23. The molecule has 0 saturated carbocycles. The van der Waals surface area contributed by atoms with Crippen LogP contribution in [0.5, 0.6) is 0 Å². The van der Waals surface area contributed by atoms with Gasteiger partial charge in [0.1, 0.15) is 0 Å². The van der Waals surface area contributed by atoms with E-state index >= 15 is 0 Å². The number of ether oxygens (including phenoxy) is 1. The van der Waals surface area contributed by atoms with Gasteiger partial charge in [-0.1, -0.05) is 6.07 Å². The van der Waals surface area contributed by atoms with Crippen molar-refractivity contribution in [1.29, 1.82) is 0 Å². The molecule has 0 aromatic carbocycles. The van der Waals surface area contributed by atoms with Crippen molar-refractivity contribution < 1.29 is 9.53 Å². The van der Waals surface area contributed by atoms with Crippen molar-refractivity contribution in [1.82, 2.24) is 10.2 Å². The maximum Gasteiger partial charge on any atom is 0.221 e. The molecule has 1 aromatic rings. The van der Waals surface area contributed by atoms with Gasteiger partial charge in [-0.3, -0.25) is 4.79 Å². The molecule has 0 bridgehead atoms. The quantitative estimate of drug-likeness (QED) is 0.896. The van der Waals surface area contributed by atoms with Crippen LogP contribution in [0.25, 0.3) is 0 Å². The number of hydrogen-bond acceptors (Lipinski definition) is 4. The van der Waals surface area contributed by atoms with Crippen molar-refractivity contribution in [3.63, 3.8) is 0 Å². The summed E-state index contributed by atoms with van der Waals surface area (Å²) in [5, 5.41) is 4.99. The molecule has 1 amide bonds. The van der Waals surface area contributed by atoms with Crippen LogP contribution in [0.2, 0.25) is 0 Å². The number of carbonyl (C=O) groups is 1. The molecule has 2 rings (SSSR count). The van der Waals surface area contributed by atoms with E-state index < -0.39 is 0 Å². The lowest BCUT2D eigenvalue weighted by atomic mass is 10.3. The first-order chi connectivity index (χ1) is 9.24. The van der Waals surface area contributed by atoms with Crippen molar-refractivity contribution in [2.45, 2.75) is 32.4 Å². The molecule has 1 fully saturated rings. The highest BCUT2D eigenvalue weighted by molar-refractivity contribution is 7.09. The highest BCUT2D eigenvalue weighted by Gasteiger charge is 2.15. The van der Waals surface area contributed by atoms with Gasteiger partial charge >= 0.3 is 0 Å². The Morgan fingerprint density at radius 3 is 3.32 bits per heavy atom. The second-order valence-electron chi connectivity index (χ2n) is 4.94. The third kappa shape index (κ3) is 5.30. The summed E-state index contributed by atoms with van der Waals surface area (Å²) in [6.07, 6.45) is 1.90. The Morgan fingerprint density at radius 1 is 1.63 bits per heavy atom. The second kappa shape index (κ2) is 7.62. The highest BCUT2D eigenvalue weighted by atomic mass is 32.1. The molecule has 4 nitrogen and oxygen atoms in total. The van der Waals surface area contributed by atoms with Crippen LogP contribution >= 0.6 is 11.3 Å². The summed E-state index contributed by atoms with van der Waals surface area (Å²) in [6.45, 7) is 6.36. The number of carbonyl (C=O) groups excluding carboxylic acids is 1. The fourth-order valence-corrected chi connectivity index (χ4v) is 2.87. The Balaban J connectivity index is 1.65. The van der Waals surface area contributed by atoms with Crippen LogP contribution in [0, 0.1) is 0 Å². The predicted molar refractivity (Wildman–Crippen MR) is 77.3 cm³/mol. The standard InChI is InChI=1S/C14H22N2O2S/c1-12-11-16(6-3-8-18-12)7-5-14(17)15-10-13-4-2-9-19-13/h2,4,9,12H,3,5-8,10-11H2,1H3,(H,15,17). The van der Waals surface area contributed by atoms with Gasteiger partial charge in [-0.25, -0.2) is 0 Å². The number of hydrogen-bond donors (Lipinski definition) is 1. The van der Waals surface area contributed by atoms with E-state index in [4.69, 9.17) is 4.74 Å². The van der Waals surface area contributed by atoms with Crippen LogP contribution in [-0.4, -0.2) is 43.2 Å². The van der Waals surface area contributed by atoms with Crippen LogP contribution in [0.4, 0.5) is 0 Å². The van der Waals surface area contributed by atoms with E-state index in [0.717, 1.165) is 32.7 Å². The SMILES string of the molecule is CC1CN(CCC(=O)NCc2cccs2)CCCO1. The molecular weight excluding hydrogens is 260 g/mol. The molecule has 1 unspecified atom stereocenters. The van der Waals surface area contributed by atoms with Gasteiger partial charge in [-0.15, -0.1) is 11.3 Å². The molecule has 5 heteroatoms. The molecule has 0 aliphatic carbocycles. The van der Waals surface area contributed by atoms with E-state index in [2.05, 4.69) is 17.1 Å². The van der Waals surface area contributed by atoms with E-state index in [9.17, 15) is 4.79 Å². The molecule has 0 radical (unpaired) electrons. The van der Waals surface area contributed by atoms with E-state index in [1.165, 1.54) is 4.88 Å².